The number of amides is 1. The second kappa shape index (κ2) is 6.42. The summed E-state index contributed by atoms with van der Waals surface area (Å²) in [5.74, 6) is -1.42. The van der Waals surface area contributed by atoms with Crippen LogP contribution in [0.15, 0.2) is 18.2 Å². The smallest absolute Gasteiger partial charge is 0.273 e. The number of nitro benzene ring substituents is 1. The molecule has 1 rings (SSSR count). The zero-order valence-corrected chi connectivity index (χ0v) is 11.4. The first kappa shape index (κ1) is 16.0. The van der Waals surface area contributed by atoms with E-state index in [2.05, 4.69) is 5.32 Å². The molecule has 0 heterocycles. The molecular weight excluding hydrogens is 267 g/mol. The summed E-state index contributed by atoms with van der Waals surface area (Å²) in [6.45, 7) is 3.99. The van der Waals surface area contributed by atoms with Crippen LogP contribution in [-0.4, -0.2) is 29.1 Å². The number of nitrogens with zero attached hydrogens (tertiary/aromatic N) is 1. The summed E-state index contributed by atoms with van der Waals surface area (Å²) in [4.78, 5) is 21.7. The second-order valence-electron chi connectivity index (χ2n) is 5.28. The molecule has 6 nitrogen and oxygen atoms in total. The van der Waals surface area contributed by atoms with E-state index in [0.29, 0.717) is 6.42 Å². The van der Waals surface area contributed by atoms with Crippen LogP contribution in [-0.2, 0) is 0 Å². The number of carbonyl (C=O) groups excluding carboxylic acids is 1. The third kappa shape index (κ3) is 4.58. The molecule has 2 N–H and O–H groups in total. The van der Waals surface area contributed by atoms with Crippen LogP contribution >= 0.6 is 0 Å². The van der Waals surface area contributed by atoms with Crippen molar-refractivity contribution >= 4 is 11.6 Å². The molecular formula is C13H17FN2O4. The van der Waals surface area contributed by atoms with Crippen molar-refractivity contribution in [2.24, 2.45) is 5.41 Å². The molecule has 0 aliphatic heterocycles. The first-order chi connectivity index (χ1) is 9.25. The van der Waals surface area contributed by atoms with Crippen molar-refractivity contribution in [2.75, 3.05) is 13.2 Å². The highest BCUT2D eigenvalue weighted by Gasteiger charge is 2.20. The van der Waals surface area contributed by atoms with Crippen molar-refractivity contribution in [1.82, 2.24) is 5.32 Å². The molecule has 1 amide bonds. The maximum Gasteiger partial charge on any atom is 0.273 e. The number of halogens is 1. The molecule has 0 saturated carbocycles. The number of non-ortho nitro benzene ring substituents is 1. The number of hydrogen-bond donors (Lipinski definition) is 2. The Hall–Kier alpha value is -2.02. The van der Waals surface area contributed by atoms with E-state index in [1.165, 1.54) is 0 Å². The lowest BCUT2D eigenvalue weighted by atomic mass is 9.89. The predicted octanol–water partition coefficient (Wildman–Crippen LogP) is 1.87. The molecule has 0 fully saturated rings. The van der Waals surface area contributed by atoms with Crippen LogP contribution in [0.1, 0.15) is 30.6 Å². The quantitative estimate of drug-likeness (QED) is 0.616. The minimum absolute atomic E-state index is 0.00565. The van der Waals surface area contributed by atoms with E-state index in [1.807, 2.05) is 13.8 Å². The van der Waals surface area contributed by atoms with Gasteiger partial charge in [0.2, 0.25) is 0 Å². The van der Waals surface area contributed by atoms with Gasteiger partial charge in [-0.2, -0.15) is 0 Å². The van der Waals surface area contributed by atoms with Gasteiger partial charge in [0.15, 0.2) is 0 Å². The van der Waals surface area contributed by atoms with Crippen molar-refractivity contribution < 1.29 is 19.2 Å². The molecule has 1 aromatic rings. The van der Waals surface area contributed by atoms with Crippen LogP contribution < -0.4 is 5.32 Å². The Kier molecular flexibility index (Phi) is 5.15. The zero-order valence-electron chi connectivity index (χ0n) is 11.4. The number of nitrogens with one attached hydrogen (secondary N) is 1. The van der Waals surface area contributed by atoms with Gasteiger partial charge in [0.25, 0.3) is 11.6 Å². The van der Waals surface area contributed by atoms with Crippen LogP contribution in [0.5, 0.6) is 0 Å². The molecule has 0 atom stereocenters. The Morgan fingerprint density at radius 3 is 2.65 bits per heavy atom. The largest absolute Gasteiger partial charge is 0.396 e. The average Bonchev–Trinajstić information content (AvgIpc) is 2.35. The second-order valence-corrected chi connectivity index (χ2v) is 5.28. The Morgan fingerprint density at radius 2 is 2.10 bits per heavy atom. The van der Waals surface area contributed by atoms with Crippen molar-refractivity contribution in [3.05, 3.63) is 39.7 Å². The highest BCUT2D eigenvalue weighted by Crippen LogP contribution is 2.19. The lowest BCUT2D eigenvalue weighted by Crippen LogP contribution is -2.34. The topological polar surface area (TPSA) is 92.5 Å². The highest BCUT2D eigenvalue weighted by atomic mass is 19.1. The van der Waals surface area contributed by atoms with E-state index in [-0.39, 0.29) is 24.1 Å². The Bertz CT molecular complexity index is 517. The van der Waals surface area contributed by atoms with Gasteiger partial charge in [-0.3, -0.25) is 14.9 Å². The van der Waals surface area contributed by atoms with Crippen molar-refractivity contribution in [3.8, 4) is 0 Å². The summed E-state index contributed by atoms with van der Waals surface area (Å²) in [5.41, 5.74) is -0.884. The van der Waals surface area contributed by atoms with Gasteiger partial charge in [0.05, 0.1) is 11.0 Å². The van der Waals surface area contributed by atoms with Crippen molar-refractivity contribution in [3.63, 3.8) is 0 Å². The van der Waals surface area contributed by atoms with E-state index >= 15 is 0 Å². The maximum atomic E-state index is 13.2. The fourth-order valence-electron chi connectivity index (χ4n) is 1.62. The Morgan fingerprint density at radius 1 is 1.45 bits per heavy atom. The summed E-state index contributed by atoms with van der Waals surface area (Å²) in [5, 5.41) is 22.1. The number of aliphatic hydroxyl groups is 1. The molecule has 0 aliphatic rings. The molecule has 0 aromatic heterocycles. The molecule has 1 aromatic carbocycles. The number of carbonyl (C=O) groups is 1. The SMILES string of the molecule is CC(C)(CCO)CNC(=O)c1cc(F)cc([N+](=O)[O-])c1. The maximum absolute atomic E-state index is 13.2. The van der Waals surface area contributed by atoms with Crippen LogP contribution in [0.25, 0.3) is 0 Å². The standard InChI is InChI=1S/C13H17FN2O4/c1-13(2,3-4-17)8-15-12(18)9-5-10(14)7-11(6-9)16(19)20/h5-7,17H,3-4,8H2,1-2H3,(H,15,18). The van der Waals surface area contributed by atoms with Gasteiger partial charge in [-0.05, 0) is 17.9 Å². The minimum Gasteiger partial charge on any atom is -0.396 e. The normalized spacial score (nSPS) is 11.2. The lowest BCUT2D eigenvalue weighted by molar-refractivity contribution is -0.385. The summed E-state index contributed by atoms with van der Waals surface area (Å²) < 4.78 is 13.2. The predicted molar refractivity (Wildman–Crippen MR) is 70.9 cm³/mol. The van der Waals surface area contributed by atoms with Crippen LogP contribution in [0.4, 0.5) is 10.1 Å². The third-order valence-electron chi connectivity index (χ3n) is 2.87. The highest BCUT2D eigenvalue weighted by molar-refractivity contribution is 5.94. The van der Waals surface area contributed by atoms with Gasteiger partial charge in [0, 0.05) is 24.8 Å². The van der Waals surface area contributed by atoms with Crippen LogP contribution in [0.3, 0.4) is 0 Å². The third-order valence-corrected chi connectivity index (χ3v) is 2.87. The van der Waals surface area contributed by atoms with Crippen LogP contribution in [0, 0.1) is 21.3 Å². The zero-order chi connectivity index (χ0) is 15.3. The van der Waals surface area contributed by atoms with Crippen molar-refractivity contribution in [2.45, 2.75) is 20.3 Å². The monoisotopic (exact) mass is 284 g/mol. The van der Waals surface area contributed by atoms with Gasteiger partial charge in [0.1, 0.15) is 5.82 Å². The fourth-order valence-corrected chi connectivity index (χ4v) is 1.62. The summed E-state index contributed by atoms with van der Waals surface area (Å²) in [6.07, 6.45) is 0.497. The first-order valence-electron chi connectivity index (χ1n) is 6.09. The summed E-state index contributed by atoms with van der Waals surface area (Å²) in [6, 6.07) is 2.73. The molecule has 110 valence electrons. The molecule has 0 bridgehead atoms. The Labute approximate surface area is 115 Å². The van der Waals surface area contributed by atoms with Crippen molar-refractivity contribution in [1.29, 1.82) is 0 Å². The van der Waals surface area contributed by atoms with E-state index < -0.39 is 22.3 Å². The molecule has 0 spiro atoms. The van der Waals surface area contributed by atoms with Crippen LogP contribution in [0.2, 0.25) is 0 Å². The van der Waals surface area contributed by atoms with Gasteiger partial charge in [-0.25, -0.2) is 4.39 Å². The average molecular weight is 284 g/mol. The van der Waals surface area contributed by atoms with E-state index in [0.717, 1.165) is 18.2 Å². The van der Waals surface area contributed by atoms with E-state index in [4.69, 9.17) is 5.11 Å². The summed E-state index contributed by atoms with van der Waals surface area (Å²) in [7, 11) is 0. The number of hydrogen-bond acceptors (Lipinski definition) is 4. The number of benzene rings is 1. The fraction of sp³-hybridized carbons (Fsp3) is 0.462. The van der Waals surface area contributed by atoms with E-state index in [1.54, 1.807) is 0 Å². The summed E-state index contributed by atoms with van der Waals surface area (Å²) >= 11 is 0. The molecule has 7 heteroatoms. The molecule has 0 radical (unpaired) electrons. The van der Waals surface area contributed by atoms with Gasteiger partial charge >= 0.3 is 0 Å². The van der Waals surface area contributed by atoms with Gasteiger partial charge < -0.3 is 10.4 Å². The molecule has 0 unspecified atom stereocenters. The molecule has 0 saturated heterocycles. The molecule has 0 aliphatic carbocycles. The number of nitro groups is 1. The number of rotatable bonds is 6. The lowest BCUT2D eigenvalue weighted by Gasteiger charge is -2.23. The van der Waals surface area contributed by atoms with E-state index in [9.17, 15) is 19.3 Å². The van der Waals surface area contributed by atoms with Gasteiger partial charge in [-0.1, -0.05) is 13.8 Å². The minimum atomic E-state index is -0.834. The van der Waals surface area contributed by atoms with Gasteiger partial charge in [-0.15, -0.1) is 0 Å². The molecule has 20 heavy (non-hydrogen) atoms. The number of aliphatic hydroxyl groups excluding tert-OH is 1. The first-order valence-corrected chi connectivity index (χ1v) is 6.09. The Balaban J connectivity index is 2.80.